The summed E-state index contributed by atoms with van der Waals surface area (Å²) >= 11 is 0. The van der Waals surface area contributed by atoms with Gasteiger partial charge >= 0.3 is 0 Å². The topological polar surface area (TPSA) is 54.2 Å². The Kier molecular flexibility index (Phi) is 3.66. The number of nitrogens with zero attached hydrogens (tertiary/aromatic N) is 2. The normalized spacial score (nSPS) is 20.1. The van der Waals surface area contributed by atoms with Gasteiger partial charge in [0.25, 0.3) is 0 Å². The molecule has 1 aliphatic heterocycles. The molecule has 3 N–H and O–H groups in total. The number of hydrogen-bond donors (Lipinski definition) is 2. The first kappa shape index (κ1) is 10.5. The van der Waals surface area contributed by atoms with Crippen LogP contribution in [0, 0.1) is 0 Å². The second-order valence-electron chi connectivity index (χ2n) is 3.82. The van der Waals surface area contributed by atoms with E-state index in [1.165, 1.54) is 5.56 Å². The van der Waals surface area contributed by atoms with Crippen LogP contribution in [0.4, 0.5) is 0 Å². The van der Waals surface area contributed by atoms with Crippen molar-refractivity contribution in [3.8, 4) is 0 Å². The van der Waals surface area contributed by atoms with E-state index in [1.807, 2.05) is 12.3 Å². The van der Waals surface area contributed by atoms with Gasteiger partial charge in [-0.25, -0.2) is 0 Å². The molecule has 2 rings (SSSR count). The summed E-state index contributed by atoms with van der Waals surface area (Å²) in [4.78, 5) is 6.57. The molecule has 0 spiro atoms. The minimum atomic E-state index is 0.320. The van der Waals surface area contributed by atoms with Gasteiger partial charge in [-0.2, -0.15) is 0 Å². The molecular formula is C11H18N4. The lowest BCUT2D eigenvalue weighted by Crippen LogP contribution is -2.46. The third kappa shape index (κ3) is 2.53. The lowest BCUT2D eigenvalue weighted by Gasteiger charge is -2.34. The highest BCUT2D eigenvalue weighted by atomic mass is 15.2. The monoisotopic (exact) mass is 206 g/mol. The molecule has 0 radical (unpaired) electrons. The van der Waals surface area contributed by atoms with E-state index < -0.39 is 0 Å². The molecule has 1 saturated heterocycles. The molecule has 1 unspecified atom stereocenters. The van der Waals surface area contributed by atoms with Crippen LogP contribution in [0.3, 0.4) is 0 Å². The molecule has 1 aliphatic rings. The highest BCUT2D eigenvalue weighted by Gasteiger charge is 2.20. The summed E-state index contributed by atoms with van der Waals surface area (Å²) in [5.41, 5.74) is 7.07. The second kappa shape index (κ2) is 5.21. The maximum Gasteiger partial charge on any atom is 0.0486 e. The highest BCUT2D eigenvalue weighted by molar-refractivity contribution is 5.14. The first-order valence-electron chi connectivity index (χ1n) is 5.46. The van der Waals surface area contributed by atoms with Crippen LogP contribution in [0.5, 0.6) is 0 Å². The number of nitrogens with two attached hydrogens (primary N) is 1. The number of pyridine rings is 1. The molecule has 0 amide bonds. The van der Waals surface area contributed by atoms with Gasteiger partial charge in [0.15, 0.2) is 0 Å². The zero-order valence-electron chi connectivity index (χ0n) is 8.89. The summed E-state index contributed by atoms with van der Waals surface area (Å²) in [6.07, 6.45) is 3.72. The van der Waals surface area contributed by atoms with Crippen molar-refractivity contribution in [2.75, 3.05) is 32.7 Å². The van der Waals surface area contributed by atoms with E-state index in [-0.39, 0.29) is 0 Å². The average molecular weight is 206 g/mol. The minimum Gasteiger partial charge on any atom is -0.329 e. The van der Waals surface area contributed by atoms with E-state index in [1.54, 1.807) is 6.20 Å². The van der Waals surface area contributed by atoms with Gasteiger partial charge < -0.3 is 11.1 Å². The quantitative estimate of drug-likeness (QED) is 0.730. The van der Waals surface area contributed by atoms with Crippen LogP contribution >= 0.6 is 0 Å². The highest BCUT2D eigenvalue weighted by Crippen LogP contribution is 2.18. The van der Waals surface area contributed by atoms with Gasteiger partial charge in [-0.15, -0.1) is 0 Å². The van der Waals surface area contributed by atoms with Gasteiger partial charge in [-0.1, -0.05) is 6.07 Å². The van der Waals surface area contributed by atoms with Gasteiger partial charge in [0, 0.05) is 51.2 Å². The van der Waals surface area contributed by atoms with E-state index in [0.717, 1.165) is 26.2 Å². The van der Waals surface area contributed by atoms with Gasteiger partial charge in [0.2, 0.25) is 0 Å². The molecule has 0 bridgehead atoms. The van der Waals surface area contributed by atoms with Crippen LogP contribution in [0.2, 0.25) is 0 Å². The summed E-state index contributed by atoms with van der Waals surface area (Å²) < 4.78 is 0. The molecule has 0 aliphatic carbocycles. The van der Waals surface area contributed by atoms with Crippen molar-refractivity contribution >= 4 is 0 Å². The van der Waals surface area contributed by atoms with Crippen LogP contribution < -0.4 is 11.1 Å². The van der Waals surface area contributed by atoms with E-state index in [2.05, 4.69) is 21.3 Å². The summed E-state index contributed by atoms with van der Waals surface area (Å²) in [7, 11) is 0. The van der Waals surface area contributed by atoms with Gasteiger partial charge in [-0.05, 0) is 11.6 Å². The smallest absolute Gasteiger partial charge is 0.0486 e. The maximum atomic E-state index is 5.85. The van der Waals surface area contributed by atoms with E-state index in [9.17, 15) is 0 Å². The molecule has 15 heavy (non-hydrogen) atoms. The third-order valence-corrected chi connectivity index (χ3v) is 2.88. The van der Waals surface area contributed by atoms with Crippen molar-refractivity contribution < 1.29 is 0 Å². The Bertz CT molecular complexity index is 282. The maximum absolute atomic E-state index is 5.85. The predicted octanol–water partition coefficient (Wildman–Crippen LogP) is -0.0134. The fourth-order valence-corrected chi connectivity index (χ4v) is 2.06. The minimum absolute atomic E-state index is 0.320. The molecule has 4 nitrogen and oxygen atoms in total. The summed E-state index contributed by atoms with van der Waals surface area (Å²) in [6.45, 7) is 4.90. The zero-order valence-corrected chi connectivity index (χ0v) is 8.89. The Hall–Kier alpha value is -0.970. The standard InChI is InChI=1S/C11H18N4/c12-8-11(10-2-1-3-14-9-10)15-6-4-13-5-7-15/h1-3,9,11,13H,4-8,12H2. The fourth-order valence-electron chi connectivity index (χ4n) is 2.06. The predicted molar refractivity (Wildman–Crippen MR) is 60.5 cm³/mol. The molecule has 1 aromatic heterocycles. The molecule has 1 fully saturated rings. The first-order chi connectivity index (χ1) is 7.42. The van der Waals surface area contributed by atoms with Crippen molar-refractivity contribution in [3.05, 3.63) is 30.1 Å². The van der Waals surface area contributed by atoms with Crippen molar-refractivity contribution in [2.45, 2.75) is 6.04 Å². The summed E-state index contributed by atoms with van der Waals surface area (Å²) in [5.74, 6) is 0. The molecule has 4 heteroatoms. The number of rotatable bonds is 3. The van der Waals surface area contributed by atoms with Gasteiger partial charge in [0.1, 0.15) is 0 Å². The molecule has 82 valence electrons. The van der Waals surface area contributed by atoms with E-state index >= 15 is 0 Å². The van der Waals surface area contributed by atoms with Crippen LogP contribution in [0.25, 0.3) is 0 Å². The third-order valence-electron chi connectivity index (χ3n) is 2.88. The Balaban J connectivity index is 2.09. The Morgan fingerprint density at radius 2 is 2.27 bits per heavy atom. The molecule has 0 saturated carbocycles. The second-order valence-corrected chi connectivity index (χ2v) is 3.82. The van der Waals surface area contributed by atoms with Crippen molar-refractivity contribution in [3.63, 3.8) is 0 Å². The van der Waals surface area contributed by atoms with Gasteiger partial charge in [-0.3, -0.25) is 9.88 Å². The molecular weight excluding hydrogens is 188 g/mol. The van der Waals surface area contributed by atoms with Crippen LogP contribution in [0.1, 0.15) is 11.6 Å². The summed E-state index contributed by atoms with van der Waals surface area (Å²) in [5, 5.41) is 3.35. The van der Waals surface area contributed by atoms with E-state index in [0.29, 0.717) is 12.6 Å². The van der Waals surface area contributed by atoms with Crippen LogP contribution in [-0.4, -0.2) is 42.6 Å². The number of nitrogens with one attached hydrogen (secondary N) is 1. The number of piperazine rings is 1. The molecule has 2 heterocycles. The molecule has 0 aromatic carbocycles. The summed E-state index contributed by atoms with van der Waals surface area (Å²) in [6, 6.07) is 4.40. The lowest BCUT2D eigenvalue weighted by molar-refractivity contribution is 0.177. The molecule has 1 atom stereocenters. The molecule has 1 aromatic rings. The van der Waals surface area contributed by atoms with Crippen molar-refractivity contribution in [1.29, 1.82) is 0 Å². The number of hydrogen-bond acceptors (Lipinski definition) is 4. The lowest BCUT2D eigenvalue weighted by atomic mass is 10.1. The Morgan fingerprint density at radius 1 is 1.47 bits per heavy atom. The van der Waals surface area contributed by atoms with E-state index in [4.69, 9.17) is 5.73 Å². The number of aromatic nitrogens is 1. The van der Waals surface area contributed by atoms with Crippen LogP contribution in [-0.2, 0) is 0 Å². The SMILES string of the molecule is NCC(c1cccnc1)N1CCNCC1. The van der Waals surface area contributed by atoms with Crippen molar-refractivity contribution in [2.24, 2.45) is 5.73 Å². The Morgan fingerprint density at radius 3 is 2.87 bits per heavy atom. The van der Waals surface area contributed by atoms with Gasteiger partial charge in [0.05, 0.1) is 0 Å². The Labute approximate surface area is 90.5 Å². The largest absolute Gasteiger partial charge is 0.329 e. The van der Waals surface area contributed by atoms with Crippen molar-refractivity contribution in [1.82, 2.24) is 15.2 Å². The fraction of sp³-hybridized carbons (Fsp3) is 0.545. The first-order valence-corrected chi connectivity index (χ1v) is 5.46. The average Bonchev–Trinajstić information content (AvgIpc) is 2.33. The zero-order chi connectivity index (χ0) is 10.5. The van der Waals surface area contributed by atoms with Crippen LogP contribution in [0.15, 0.2) is 24.5 Å².